The molecule has 0 amide bonds. The molecular weight excluding hydrogens is 300 g/mol. The Morgan fingerprint density at radius 2 is 0.917 bits per heavy atom. The van der Waals surface area contributed by atoms with Crippen LogP contribution in [0.5, 0.6) is 0 Å². The molecule has 0 fully saturated rings. The Labute approximate surface area is 138 Å². The van der Waals surface area contributed by atoms with Gasteiger partial charge < -0.3 is 0 Å². The fourth-order valence-corrected chi connectivity index (χ4v) is 2.78. The van der Waals surface area contributed by atoms with Gasteiger partial charge in [-0.15, -0.1) is 10.2 Å². The third-order valence-corrected chi connectivity index (χ3v) is 4.04. The Kier molecular flexibility index (Phi) is 3.42. The SMILES string of the molecule is Cc1nnc(NNc2nnc(C)c3ccccc23)c2ccccc12. The molecule has 0 radical (unpaired) electrons. The third-order valence-electron chi connectivity index (χ3n) is 4.04. The molecule has 0 atom stereocenters. The van der Waals surface area contributed by atoms with Crippen molar-refractivity contribution in [2.75, 3.05) is 10.9 Å². The molecule has 2 aromatic carbocycles. The molecule has 0 aliphatic rings. The molecule has 0 saturated heterocycles. The molecule has 118 valence electrons. The van der Waals surface area contributed by atoms with Crippen LogP contribution in [-0.2, 0) is 0 Å². The zero-order valence-corrected chi connectivity index (χ0v) is 13.4. The van der Waals surface area contributed by atoms with Crippen molar-refractivity contribution < 1.29 is 0 Å². The summed E-state index contributed by atoms with van der Waals surface area (Å²) in [5.41, 5.74) is 8.03. The quantitative estimate of drug-likeness (QED) is 0.562. The van der Waals surface area contributed by atoms with E-state index in [9.17, 15) is 0 Å². The monoisotopic (exact) mass is 316 g/mol. The highest BCUT2D eigenvalue weighted by Gasteiger charge is 2.08. The Bertz CT molecular complexity index is 959. The summed E-state index contributed by atoms with van der Waals surface area (Å²) in [6.45, 7) is 3.90. The molecule has 4 aromatic rings. The molecule has 6 nitrogen and oxygen atoms in total. The number of hydrogen-bond acceptors (Lipinski definition) is 6. The van der Waals surface area contributed by atoms with Gasteiger partial charge in [-0.3, -0.25) is 10.9 Å². The highest BCUT2D eigenvalue weighted by Crippen LogP contribution is 2.25. The summed E-state index contributed by atoms with van der Waals surface area (Å²) in [5.74, 6) is 1.31. The first kappa shape index (κ1) is 14.3. The van der Waals surface area contributed by atoms with E-state index >= 15 is 0 Å². The fraction of sp³-hybridized carbons (Fsp3) is 0.111. The molecule has 2 N–H and O–H groups in total. The van der Waals surface area contributed by atoms with Crippen molar-refractivity contribution in [2.24, 2.45) is 0 Å². The summed E-state index contributed by atoms with van der Waals surface area (Å²) in [5, 5.41) is 21.0. The molecule has 0 bridgehead atoms. The van der Waals surface area contributed by atoms with Gasteiger partial charge in [0.2, 0.25) is 0 Å². The fourth-order valence-electron chi connectivity index (χ4n) is 2.78. The van der Waals surface area contributed by atoms with Gasteiger partial charge in [-0.05, 0) is 13.8 Å². The summed E-state index contributed by atoms with van der Waals surface area (Å²) >= 11 is 0. The number of nitrogens with one attached hydrogen (secondary N) is 2. The highest BCUT2D eigenvalue weighted by atomic mass is 15.4. The maximum absolute atomic E-state index is 4.25. The van der Waals surface area contributed by atoms with Crippen molar-refractivity contribution in [1.82, 2.24) is 20.4 Å². The van der Waals surface area contributed by atoms with Crippen LogP contribution in [0.4, 0.5) is 11.6 Å². The maximum atomic E-state index is 4.25. The Morgan fingerprint density at radius 1 is 0.542 bits per heavy atom. The first-order chi connectivity index (χ1) is 11.7. The third kappa shape index (κ3) is 2.38. The Morgan fingerprint density at radius 3 is 1.33 bits per heavy atom. The number of aryl methyl sites for hydroxylation is 2. The van der Waals surface area contributed by atoms with Crippen LogP contribution in [0.2, 0.25) is 0 Å². The van der Waals surface area contributed by atoms with Gasteiger partial charge in [0.15, 0.2) is 11.6 Å². The van der Waals surface area contributed by atoms with Crippen LogP contribution in [0.15, 0.2) is 48.5 Å². The number of anilines is 2. The zero-order chi connectivity index (χ0) is 16.5. The Balaban J connectivity index is 1.72. The molecule has 6 heteroatoms. The second-order valence-corrected chi connectivity index (χ2v) is 5.61. The lowest BCUT2D eigenvalue weighted by Crippen LogP contribution is -2.13. The number of hydrogen-bond donors (Lipinski definition) is 2. The van der Waals surface area contributed by atoms with Gasteiger partial charge >= 0.3 is 0 Å². The molecule has 0 saturated carbocycles. The average Bonchev–Trinajstić information content (AvgIpc) is 2.63. The lowest BCUT2D eigenvalue weighted by Gasteiger charge is -2.12. The second kappa shape index (κ2) is 5.73. The van der Waals surface area contributed by atoms with E-state index in [1.54, 1.807) is 0 Å². The zero-order valence-electron chi connectivity index (χ0n) is 13.4. The largest absolute Gasteiger partial charge is 0.281 e. The van der Waals surface area contributed by atoms with Crippen LogP contribution in [0.3, 0.4) is 0 Å². The molecule has 0 aliphatic carbocycles. The molecule has 2 heterocycles. The summed E-state index contributed by atoms with van der Waals surface area (Å²) in [6.07, 6.45) is 0. The maximum Gasteiger partial charge on any atom is 0.175 e. The number of rotatable bonds is 3. The van der Waals surface area contributed by atoms with Crippen LogP contribution in [0.1, 0.15) is 11.4 Å². The van der Waals surface area contributed by atoms with Crippen LogP contribution in [0.25, 0.3) is 21.5 Å². The Hall–Kier alpha value is -3.28. The molecule has 0 spiro atoms. The summed E-state index contributed by atoms with van der Waals surface area (Å²) in [7, 11) is 0. The standard InChI is InChI=1S/C18H16N6/c1-11-13-7-3-5-9-15(13)17(21-19-11)23-24-18-16-10-6-4-8-14(16)12(2)20-22-18/h3-10H,1-2H3,(H,21,23)(H,22,24). The van der Waals surface area contributed by atoms with Gasteiger partial charge in [0.1, 0.15) is 0 Å². The van der Waals surface area contributed by atoms with Gasteiger partial charge in [0, 0.05) is 21.5 Å². The van der Waals surface area contributed by atoms with Crippen LogP contribution < -0.4 is 10.9 Å². The minimum absolute atomic E-state index is 0.655. The van der Waals surface area contributed by atoms with Gasteiger partial charge in [-0.1, -0.05) is 48.5 Å². The smallest absolute Gasteiger partial charge is 0.175 e. The molecule has 4 rings (SSSR count). The molecular formula is C18H16N6. The normalized spacial score (nSPS) is 10.9. The predicted molar refractivity (Wildman–Crippen MR) is 95.8 cm³/mol. The van der Waals surface area contributed by atoms with Crippen molar-refractivity contribution in [1.29, 1.82) is 0 Å². The average molecular weight is 316 g/mol. The van der Waals surface area contributed by atoms with Gasteiger partial charge in [-0.25, -0.2) is 0 Å². The lowest BCUT2D eigenvalue weighted by molar-refractivity contribution is 0.985. The van der Waals surface area contributed by atoms with Gasteiger partial charge in [0.05, 0.1) is 11.4 Å². The topological polar surface area (TPSA) is 75.6 Å². The van der Waals surface area contributed by atoms with E-state index in [0.29, 0.717) is 11.6 Å². The van der Waals surface area contributed by atoms with E-state index in [-0.39, 0.29) is 0 Å². The molecule has 24 heavy (non-hydrogen) atoms. The highest BCUT2D eigenvalue weighted by molar-refractivity contribution is 5.95. The van der Waals surface area contributed by atoms with E-state index in [1.165, 1.54) is 0 Å². The summed E-state index contributed by atoms with van der Waals surface area (Å²) < 4.78 is 0. The van der Waals surface area contributed by atoms with Crippen molar-refractivity contribution in [2.45, 2.75) is 13.8 Å². The van der Waals surface area contributed by atoms with Crippen molar-refractivity contribution in [3.8, 4) is 0 Å². The summed E-state index contributed by atoms with van der Waals surface area (Å²) in [6, 6.07) is 16.0. The number of hydrazine groups is 1. The van der Waals surface area contributed by atoms with E-state index in [2.05, 4.69) is 31.2 Å². The van der Waals surface area contributed by atoms with E-state index in [4.69, 9.17) is 0 Å². The van der Waals surface area contributed by atoms with Crippen LogP contribution in [-0.4, -0.2) is 20.4 Å². The number of fused-ring (bicyclic) bond motifs is 2. The van der Waals surface area contributed by atoms with Crippen molar-refractivity contribution in [3.63, 3.8) is 0 Å². The van der Waals surface area contributed by atoms with E-state index in [0.717, 1.165) is 32.9 Å². The first-order valence-corrected chi connectivity index (χ1v) is 7.70. The molecule has 0 unspecified atom stereocenters. The predicted octanol–water partition coefficient (Wildman–Crippen LogP) is 3.63. The minimum atomic E-state index is 0.655. The number of aromatic nitrogens is 4. The molecule has 0 aliphatic heterocycles. The number of benzene rings is 2. The van der Waals surface area contributed by atoms with Gasteiger partial charge in [0.25, 0.3) is 0 Å². The second-order valence-electron chi connectivity index (χ2n) is 5.61. The van der Waals surface area contributed by atoms with Crippen LogP contribution >= 0.6 is 0 Å². The van der Waals surface area contributed by atoms with E-state index in [1.807, 2.05) is 62.4 Å². The minimum Gasteiger partial charge on any atom is -0.281 e. The van der Waals surface area contributed by atoms with E-state index < -0.39 is 0 Å². The van der Waals surface area contributed by atoms with Crippen molar-refractivity contribution in [3.05, 3.63) is 59.9 Å². The number of nitrogens with zero attached hydrogens (tertiary/aromatic N) is 4. The lowest BCUT2D eigenvalue weighted by atomic mass is 10.1. The molecule has 2 aromatic heterocycles. The summed E-state index contributed by atoms with van der Waals surface area (Å²) in [4.78, 5) is 0. The van der Waals surface area contributed by atoms with Crippen LogP contribution in [0, 0.1) is 13.8 Å². The van der Waals surface area contributed by atoms with Crippen molar-refractivity contribution >= 4 is 33.2 Å². The first-order valence-electron chi connectivity index (χ1n) is 7.70. The van der Waals surface area contributed by atoms with Gasteiger partial charge in [-0.2, -0.15) is 10.2 Å².